The van der Waals surface area contributed by atoms with E-state index in [2.05, 4.69) is 5.32 Å². The monoisotopic (exact) mass is 374 g/mol. The van der Waals surface area contributed by atoms with Crippen LogP contribution in [0.4, 0.5) is 4.79 Å². The number of β-lactam (4-membered cyclic amide) rings is 1. The van der Waals surface area contributed by atoms with Crippen molar-refractivity contribution in [3.05, 3.63) is 0 Å². The minimum Gasteiger partial charge on any atom is -0.731 e. The summed E-state index contributed by atoms with van der Waals surface area (Å²) in [7, 11) is -4.78. The number of hydrogen-bond donors (Lipinski definition) is 3. The van der Waals surface area contributed by atoms with Crippen molar-refractivity contribution >= 4 is 34.1 Å². The average molecular weight is 374 g/mol. The predicted molar refractivity (Wildman–Crippen MR) is 71.6 cm³/mol. The molecule has 1 atom stereocenters. The summed E-state index contributed by atoms with van der Waals surface area (Å²) in [4.78, 5) is 43.8. The molecule has 24 heavy (non-hydrogen) atoms. The van der Waals surface area contributed by atoms with Gasteiger partial charge < -0.3 is 25.2 Å². The van der Waals surface area contributed by atoms with Crippen LogP contribution < -0.4 is 40.2 Å². The maximum atomic E-state index is 10.9. The molecule has 130 valence electrons. The van der Waals surface area contributed by atoms with Gasteiger partial charge in [-0.2, -0.15) is 0 Å². The molecule has 0 radical (unpaired) electrons. The van der Waals surface area contributed by atoms with Gasteiger partial charge in [0, 0.05) is 19.6 Å². The molecule has 3 N–H and O–H groups in total. The van der Waals surface area contributed by atoms with Crippen molar-refractivity contribution in [3.8, 4) is 0 Å². The van der Waals surface area contributed by atoms with Crippen LogP contribution in [0.1, 0.15) is 6.92 Å². The average Bonchev–Trinajstić information content (AvgIpc) is 2.45. The molecule has 1 unspecified atom stereocenters. The van der Waals surface area contributed by atoms with Gasteiger partial charge in [0.25, 0.3) is 5.91 Å². The van der Waals surface area contributed by atoms with Crippen LogP contribution in [0, 0.1) is 0 Å². The number of likely N-dealkylation sites (N-methyl/N-ethyl adjacent to an activating group) is 1. The third kappa shape index (κ3) is 5.90. The Bertz CT molecular complexity index is 624. The molecule has 12 nitrogen and oxygen atoms in total. The minimum absolute atomic E-state index is 0. The van der Waals surface area contributed by atoms with E-state index >= 15 is 0 Å². The van der Waals surface area contributed by atoms with Gasteiger partial charge in [0.1, 0.15) is 6.04 Å². The van der Waals surface area contributed by atoms with Crippen molar-refractivity contribution in [3.63, 3.8) is 0 Å². The Morgan fingerprint density at radius 2 is 2.00 bits per heavy atom. The maximum absolute atomic E-state index is 10.9. The van der Waals surface area contributed by atoms with Crippen LogP contribution in [0.5, 0.6) is 0 Å². The molecule has 0 aromatic carbocycles. The summed E-state index contributed by atoms with van der Waals surface area (Å²) in [6.07, 6.45) is -1.44. The Hall–Kier alpha value is -1.41. The fourth-order valence-electron chi connectivity index (χ4n) is 1.78. The largest absolute Gasteiger partial charge is 1.00 e. The van der Waals surface area contributed by atoms with Crippen LogP contribution in [-0.2, 0) is 24.7 Å². The molecule has 4 amide bonds. The van der Waals surface area contributed by atoms with E-state index in [4.69, 9.17) is 5.11 Å². The molecule has 2 fully saturated rings. The summed E-state index contributed by atoms with van der Waals surface area (Å²) in [5, 5.41) is 12.4. The minimum atomic E-state index is -4.78. The number of nitrogens with zero attached hydrogens (tertiary/aromatic N) is 2. The molecular weight excluding hydrogens is 359 g/mol. The second-order valence-corrected chi connectivity index (χ2v) is 5.77. The number of rotatable bonds is 3. The molecule has 2 heterocycles. The Morgan fingerprint density at radius 1 is 1.42 bits per heavy atom. The third-order valence-corrected chi connectivity index (χ3v) is 3.86. The zero-order chi connectivity index (χ0) is 17.8. The second-order valence-electron chi connectivity index (χ2n) is 4.47. The number of carbonyl (C=O) groups excluding carboxylic acids is 3. The van der Waals surface area contributed by atoms with Crippen LogP contribution >= 0.6 is 0 Å². The Kier molecular flexibility index (Phi) is 8.63. The fourth-order valence-corrected chi connectivity index (χ4v) is 2.46. The van der Waals surface area contributed by atoms with Crippen LogP contribution in [0.15, 0.2) is 0 Å². The van der Waals surface area contributed by atoms with E-state index in [0.29, 0.717) is 19.6 Å². The van der Waals surface area contributed by atoms with E-state index in [1.165, 1.54) is 4.90 Å². The van der Waals surface area contributed by atoms with Crippen molar-refractivity contribution in [1.29, 1.82) is 0 Å². The van der Waals surface area contributed by atoms with Crippen LogP contribution in [0.3, 0.4) is 0 Å². The molecule has 0 spiro atoms. The molecule has 0 aromatic heterocycles. The van der Waals surface area contributed by atoms with Gasteiger partial charge in [-0.1, -0.05) is 0 Å². The Balaban J connectivity index is 0.000000436. The quantitative estimate of drug-likeness (QED) is 0.189. The summed E-state index contributed by atoms with van der Waals surface area (Å²) in [6.45, 7) is 3.26. The molecule has 0 saturated carbocycles. The van der Waals surface area contributed by atoms with E-state index in [1.54, 1.807) is 5.32 Å². The number of carboxylic acid groups (broad SMARTS) is 1. The maximum Gasteiger partial charge on any atom is 1.00 e. The van der Waals surface area contributed by atoms with Crippen molar-refractivity contribution in [2.75, 3.05) is 26.2 Å². The van der Waals surface area contributed by atoms with Crippen LogP contribution in [0.25, 0.3) is 0 Å². The molecule has 2 aliphatic heterocycles. The van der Waals surface area contributed by atoms with Crippen molar-refractivity contribution in [2.24, 2.45) is 0 Å². The van der Waals surface area contributed by atoms with Gasteiger partial charge in [-0.3, -0.25) is 14.4 Å². The van der Waals surface area contributed by atoms with Gasteiger partial charge in [-0.25, -0.2) is 17.5 Å². The number of piperazine rings is 1. The molecular formula is C10H15N4NaO8S. The van der Waals surface area contributed by atoms with Gasteiger partial charge >= 0.3 is 47.5 Å². The first-order valence-corrected chi connectivity index (χ1v) is 7.78. The number of amides is 4. The normalized spacial score (nSPS) is 20.1. The first-order chi connectivity index (χ1) is 10.6. The second kappa shape index (κ2) is 9.17. The summed E-state index contributed by atoms with van der Waals surface area (Å²) in [5.74, 6) is -1.93. The molecule has 2 saturated heterocycles. The summed E-state index contributed by atoms with van der Waals surface area (Å²) >= 11 is 0. The summed E-state index contributed by atoms with van der Waals surface area (Å²) in [6, 6.07) is -1.12. The number of nitrogens with one attached hydrogen (secondary N) is 2. The zero-order valence-corrected chi connectivity index (χ0v) is 15.8. The number of hydrogen-bond acceptors (Lipinski definition) is 7. The first-order valence-electron chi connectivity index (χ1n) is 6.41. The topological polar surface area (TPSA) is 176 Å². The molecule has 2 aliphatic rings. The molecule has 2 rings (SSSR count). The summed E-state index contributed by atoms with van der Waals surface area (Å²) in [5.41, 5.74) is 0. The standard InChI is InChI=1S/C6H10N2O2.C4H6N2O6S.Na/c1-2-8-4-3-7-5(9)6(8)10;7-3-2(5-4(8)9)1-6(3)13(10,11)12;/h2-4H2,1H3,(H,7,9);2,5H,1H2,(H,8,9)(H,10,11,12);/q;;+1/p-1. The van der Waals surface area contributed by atoms with Crippen molar-refractivity contribution in [2.45, 2.75) is 13.0 Å². The smallest absolute Gasteiger partial charge is 0.731 e. The van der Waals surface area contributed by atoms with Gasteiger partial charge in [-0.05, 0) is 6.92 Å². The Morgan fingerprint density at radius 3 is 2.38 bits per heavy atom. The van der Waals surface area contributed by atoms with Gasteiger partial charge in [0.15, 0.2) is 10.3 Å². The van der Waals surface area contributed by atoms with Gasteiger partial charge in [0.05, 0.1) is 6.54 Å². The molecule has 0 bridgehead atoms. The van der Waals surface area contributed by atoms with Crippen molar-refractivity contribution in [1.82, 2.24) is 19.8 Å². The first kappa shape index (κ1) is 22.6. The van der Waals surface area contributed by atoms with E-state index in [0.717, 1.165) is 0 Å². The molecule has 0 aromatic rings. The fraction of sp³-hybridized carbons (Fsp3) is 0.600. The van der Waals surface area contributed by atoms with E-state index in [9.17, 15) is 32.1 Å². The van der Waals surface area contributed by atoms with Crippen LogP contribution in [-0.4, -0.2) is 83.3 Å². The van der Waals surface area contributed by atoms with Gasteiger partial charge in [-0.15, -0.1) is 0 Å². The van der Waals surface area contributed by atoms with Crippen LogP contribution in [0.2, 0.25) is 0 Å². The SMILES string of the molecule is CCN1CCNC(=O)C1=O.O=C(O)NC1CN(S(=O)(=O)[O-])C1=O.[Na+]. The van der Waals surface area contributed by atoms with E-state index < -0.39 is 46.7 Å². The van der Waals surface area contributed by atoms with Crippen molar-refractivity contribution < 1.29 is 66.8 Å². The summed E-state index contributed by atoms with van der Waals surface area (Å²) < 4.78 is 30.8. The zero-order valence-electron chi connectivity index (χ0n) is 13.0. The molecule has 0 aliphatic carbocycles. The number of carbonyl (C=O) groups is 4. The van der Waals surface area contributed by atoms with E-state index in [-0.39, 0.29) is 33.9 Å². The third-order valence-electron chi connectivity index (χ3n) is 2.99. The Labute approximate surface area is 159 Å². The molecule has 14 heteroatoms. The van der Waals surface area contributed by atoms with Gasteiger partial charge in [0.2, 0.25) is 0 Å². The van der Waals surface area contributed by atoms with E-state index in [1.807, 2.05) is 6.92 Å². The predicted octanol–water partition coefficient (Wildman–Crippen LogP) is -6.11.